The minimum Gasteiger partial charge on any atom is -0.309 e. The number of hydrogen-bond donors (Lipinski definition) is 1. The van der Waals surface area contributed by atoms with Gasteiger partial charge in [0.1, 0.15) is 0 Å². The molecule has 0 amide bonds. The number of thiophene rings is 2. The maximum Gasteiger partial charge on any atom is 0.0454 e. The molecule has 0 saturated carbocycles. The first-order valence-electron chi connectivity index (χ1n) is 5.92. The molecule has 1 atom stereocenters. The number of nitrogens with one attached hydrogen (secondary N) is 1. The molecule has 0 aliphatic carbocycles. The Balaban J connectivity index is 2.21. The van der Waals surface area contributed by atoms with Crippen molar-refractivity contribution in [3.8, 4) is 0 Å². The van der Waals surface area contributed by atoms with Crippen LogP contribution in [0.2, 0.25) is 0 Å². The summed E-state index contributed by atoms with van der Waals surface area (Å²) in [6, 6.07) is 5.10. The van der Waals surface area contributed by atoms with Crippen molar-refractivity contribution in [1.82, 2.24) is 5.32 Å². The molecule has 16 heavy (non-hydrogen) atoms. The molecule has 0 saturated heterocycles. The van der Waals surface area contributed by atoms with E-state index in [1.54, 1.807) is 0 Å². The highest BCUT2D eigenvalue weighted by Crippen LogP contribution is 2.35. The standard InChI is InChI=1S/C13H19NS2/c1-4-6-14-13(9(2)3)12-8-11-10(16-12)5-7-15-11/h5,7-9,13-14H,4,6H2,1-3H3. The third kappa shape index (κ3) is 2.47. The molecule has 0 bridgehead atoms. The van der Waals surface area contributed by atoms with Gasteiger partial charge < -0.3 is 5.32 Å². The van der Waals surface area contributed by atoms with Gasteiger partial charge in [-0.15, -0.1) is 22.7 Å². The largest absolute Gasteiger partial charge is 0.309 e. The van der Waals surface area contributed by atoms with Gasteiger partial charge in [-0.25, -0.2) is 0 Å². The minimum atomic E-state index is 0.518. The summed E-state index contributed by atoms with van der Waals surface area (Å²) in [5.74, 6) is 0.652. The normalized spacial score (nSPS) is 13.8. The van der Waals surface area contributed by atoms with Gasteiger partial charge in [0.15, 0.2) is 0 Å². The lowest BCUT2D eigenvalue weighted by molar-refractivity contribution is 0.419. The molecule has 2 heterocycles. The topological polar surface area (TPSA) is 12.0 Å². The Kier molecular flexibility index (Phi) is 4.00. The molecular weight excluding hydrogens is 234 g/mol. The summed E-state index contributed by atoms with van der Waals surface area (Å²) in [4.78, 5) is 1.49. The van der Waals surface area contributed by atoms with Gasteiger partial charge in [-0.3, -0.25) is 0 Å². The van der Waals surface area contributed by atoms with Crippen LogP contribution in [-0.2, 0) is 0 Å². The monoisotopic (exact) mass is 253 g/mol. The molecule has 0 aliphatic rings. The molecule has 0 spiro atoms. The van der Waals surface area contributed by atoms with E-state index in [9.17, 15) is 0 Å². The van der Waals surface area contributed by atoms with Gasteiger partial charge in [-0.1, -0.05) is 20.8 Å². The van der Waals surface area contributed by atoms with Crippen LogP contribution >= 0.6 is 22.7 Å². The maximum absolute atomic E-state index is 3.65. The van der Waals surface area contributed by atoms with Crippen LogP contribution in [0.5, 0.6) is 0 Å². The van der Waals surface area contributed by atoms with E-state index in [4.69, 9.17) is 0 Å². The van der Waals surface area contributed by atoms with E-state index >= 15 is 0 Å². The Morgan fingerprint density at radius 2 is 2.12 bits per heavy atom. The molecular formula is C13H19NS2. The molecule has 2 aromatic heterocycles. The molecule has 2 aromatic rings. The molecule has 88 valence electrons. The van der Waals surface area contributed by atoms with Crippen molar-refractivity contribution in [3.63, 3.8) is 0 Å². The Bertz CT molecular complexity index is 413. The van der Waals surface area contributed by atoms with Crippen molar-refractivity contribution in [2.24, 2.45) is 5.92 Å². The van der Waals surface area contributed by atoms with Gasteiger partial charge >= 0.3 is 0 Å². The summed E-state index contributed by atoms with van der Waals surface area (Å²) in [5.41, 5.74) is 0. The highest BCUT2D eigenvalue weighted by atomic mass is 32.1. The van der Waals surface area contributed by atoms with E-state index in [1.807, 2.05) is 22.7 Å². The second-order valence-electron chi connectivity index (χ2n) is 4.47. The fourth-order valence-electron chi connectivity index (χ4n) is 1.90. The quantitative estimate of drug-likeness (QED) is 0.817. The second kappa shape index (κ2) is 5.30. The van der Waals surface area contributed by atoms with Gasteiger partial charge in [-0.2, -0.15) is 0 Å². The van der Waals surface area contributed by atoms with Crippen LogP contribution in [-0.4, -0.2) is 6.54 Å². The van der Waals surface area contributed by atoms with Crippen LogP contribution in [0.3, 0.4) is 0 Å². The van der Waals surface area contributed by atoms with Crippen LogP contribution in [0, 0.1) is 5.92 Å². The summed E-state index contributed by atoms with van der Waals surface area (Å²) in [6.45, 7) is 7.91. The third-order valence-corrected chi connectivity index (χ3v) is 4.92. The number of hydrogen-bond acceptors (Lipinski definition) is 3. The van der Waals surface area contributed by atoms with Gasteiger partial charge in [0.05, 0.1) is 0 Å². The molecule has 0 aliphatic heterocycles. The molecule has 0 fully saturated rings. The molecule has 3 heteroatoms. The summed E-state index contributed by atoms with van der Waals surface area (Å²) in [7, 11) is 0. The Morgan fingerprint density at radius 3 is 2.75 bits per heavy atom. The third-order valence-electron chi connectivity index (χ3n) is 2.75. The molecule has 2 rings (SSSR count). The molecule has 0 aromatic carbocycles. The summed E-state index contributed by atoms with van der Waals surface area (Å²) >= 11 is 3.78. The molecule has 1 unspecified atom stereocenters. The molecule has 0 radical (unpaired) electrons. The summed E-state index contributed by atoms with van der Waals surface area (Å²) in [6.07, 6.45) is 1.20. The lowest BCUT2D eigenvalue weighted by Crippen LogP contribution is -2.25. The van der Waals surface area contributed by atoms with Crippen molar-refractivity contribution >= 4 is 32.1 Å². The van der Waals surface area contributed by atoms with Crippen molar-refractivity contribution in [1.29, 1.82) is 0 Å². The van der Waals surface area contributed by atoms with Crippen LogP contribution in [0.1, 0.15) is 38.1 Å². The lowest BCUT2D eigenvalue weighted by Gasteiger charge is -2.20. The van der Waals surface area contributed by atoms with Gasteiger partial charge in [0.2, 0.25) is 0 Å². The predicted octanol–water partition coefficient (Wildman–Crippen LogP) is 4.66. The zero-order valence-electron chi connectivity index (χ0n) is 10.1. The first-order valence-corrected chi connectivity index (χ1v) is 7.62. The Hall–Kier alpha value is -0.380. The van der Waals surface area contributed by atoms with Crippen LogP contribution in [0.15, 0.2) is 17.5 Å². The Morgan fingerprint density at radius 1 is 1.31 bits per heavy atom. The lowest BCUT2D eigenvalue weighted by atomic mass is 10.0. The first-order chi connectivity index (χ1) is 7.72. The fourth-order valence-corrected chi connectivity index (χ4v) is 4.27. The zero-order valence-corrected chi connectivity index (χ0v) is 11.8. The first kappa shape index (κ1) is 12.1. The average Bonchev–Trinajstić information content (AvgIpc) is 2.77. The van der Waals surface area contributed by atoms with Gasteiger partial charge in [-0.05, 0) is 36.4 Å². The van der Waals surface area contributed by atoms with E-state index in [-0.39, 0.29) is 0 Å². The Labute approximate surface area is 105 Å². The minimum absolute atomic E-state index is 0.518. The van der Waals surface area contributed by atoms with Gasteiger partial charge in [0.25, 0.3) is 0 Å². The van der Waals surface area contributed by atoms with Crippen LogP contribution in [0.4, 0.5) is 0 Å². The highest BCUT2D eigenvalue weighted by molar-refractivity contribution is 7.26. The van der Waals surface area contributed by atoms with E-state index in [1.165, 1.54) is 20.7 Å². The number of fused-ring (bicyclic) bond motifs is 1. The fraction of sp³-hybridized carbons (Fsp3) is 0.538. The van der Waals surface area contributed by atoms with Gasteiger partial charge in [0, 0.05) is 20.3 Å². The van der Waals surface area contributed by atoms with E-state index in [0.717, 1.165) is 6.54 Å². The highest BCUT2D eigenvalue weighted by Gasteiger charge is 2.17. The molecule has 1 N–H and O–H groups in total. The zero-order chi connectivity index (χ0) is 11.5. The number of rotatable bonds is 5. The average molecular weight is 253 g/mol. The summed E-state index contributed by atoms with van der Waals surface area (Å²) < 4.78 is 2.87. The smallest absolute Gasteiger partial charge is 0.0454 e. The van der Waals surface area contributed by atoms with E-state index in [2.05, 4.69) is 43.6 Å². The second-order valence-corrected chi connectivity index (χ2v) is 6.54. The van der Waals surface area contributed by atoms with E-state index < -0.39 is 0 Å². The van der Waals surface area contributed by atoms with Crippen molar-refractivity contribution in [2.75, 3.05) is 6.54 Å². The molecule has 1 nitrogen and oxygen atoms in total. The van der Waals surface area contributed by atoms with Crippen LogP contribution < -0.4 is 5.32 Å². The van der Waals surface area contributed by atoms with Crippen molar-refractivity contribution < 1.29 is 0 Å². The predicted molar refractivity (Wildman–Crippen MR) is 75.6 cm³/mol. The van der Waals surface area contributed by atoms with Crippen molar-refractivity contribution in [3.05, 3.63) is 22.4 Å². The van der Waals surface area contributed by atoms with Crippen LogP contribution in [0.25, 0.3) is 9.40 Å². The van der Waals surface area contributed by atoms with Crippen molar-refractivity contribution in [2.45, 2.75) is 33.2 Å². The summed E-state index contributed by atoms with van der Waals surface area (Å²) in [5, 5.41) is 5.83. The maximum atomic E-state index is 3.65. The SMILES string of the molecule is CCCNC(c1cc2sccc2s1)C(C)C. The van der Waals surface area contributed by atoms with E-state index in [0.29, 0.717) is 12.0 Å².